The maximum Gasteiger partial charge on any atom is 0.146 e. The lowest BCUT2D eigenvalue weighted by atomic mass is 10.3. The number of ether oxygens (including phenoxy) is 2. The van der Waals surface area contributed by atoms with Crippen LogP contribution in [0.2, 0.25) is 0 Å². The minimum absolute atomic E-state index is 0.0649. The van der Waals surface area contributed by atoms with Gasteiger partial charge in [-0.25, -0.2) is 0 Å². The third kappa shape index (κ3) is 4.39. The monoisotopic (exact) mass is 134 g/mol. The highest BCUT2D eigenvalue weighted by Gasteiger charge is 2.01. The van der Waals surface area contributed by atoms with Gasteiger partial charge >= 0.3 is 0 Å². The van der Waals surface area contributed by atoms with Crippen molar-refractivity contribution in [3.63, 3.8) is 0 Å². The van der Waals surface area contributed by atoms with Crippen LogP contribution in [-0.4, -0.2) is 31.7 Å². The molecule has 3 heteroatoms. The van der Waals surface area contributed by atoms with Crippen molar-refractivity contribution in [2.75, 3.05) is 20.5 Å². The highest BCUT2D eigenvalue weighted by Crippen LogP contribution is 1.94. The average Bonchev–Trinajstić information content (AvgIpc) is 1.91. The van der Waals surface area contributed by atoms with E-state index in [2.05, 4.69) is 4.74 Å². The van der Waals surface area contributed by atoms with E-state index in [4.69, 9.17) is 9.84 Å². The molecule has 0 saturated carbocycles. The van der Waals surface area contributed by atoms with Crippen molar-refractivity contribution in [2.24, 2.45) is 0 Å². The van der Waals surface area contributed by atoms with Gasteiger partial charge in [0.25, 0.3) is 0 Å². The largest absolute Gasteiger partial charge is 0.394 e. The Morgan fingerprint density at radius 3 is 2.56 bits per heavy atom. The van der Waals surface area contributed by atoms with Crippen LogP contribution in [0.4, 0.5) is 0 Å². The number of methoxy groups -OCH3 is 1. The first-order chi connectivity index (χ1) is 4.35. The molecule has 0 aromatic carbocycles. The smallest absolute Gasteiger partial charge is 0.146 e. The topological polar surface area (TPSA) is 38.7 Å². The summed E-state index contributed by atoms with van der Waals surface area (Å²) in [6.45, 7) is 2.29. The van der Waals surface area contributed by atoms with Crippen LogP contribution in [-0.2, 0) is 9.47 Å². The Bertz CT molecular complexity index is 52.3. The lowest BCUT2D eigenvalue weighted by Crippen LogP contribution is -2.17. The van der Waals surface area contributed by atoms with Gasteiger partial charge in [0.05, 0.1) is 12.7 Å². The summed E-state index contributed by atoms with van der Waals surface area (Å²) >= 11 is 0. The van der Waals surface area contributed by atoms with Crippen LogP contribution < -0.4 is 0 Å². The summed E-state index contributed by atoms with van der Waals surface area (Å²) < 4.78 is 9.66. The van der Waals surface area contributed by atoms with E-state index in [0.29, 0.717) is 0 Å². The summed E-state index contributed by atoms with van der Waals surface area (Å²) in [5.41, 5.74) is 0. The molecule has 56 valence electrons. The van der Waals surface area contributed by atoms with E-state index in [1.165, 1.54) is 0 Å². The molecule has 0 aliphatic rings. The van der Waals surface area contributed by atoms with E-state index >= 15 is 0 Å². The van der Waals surface area contributed by atoms with Crippen molar-refractivity contribution >= 4 is 0 Å². The Kier molecular flexibility index (Phi) is 5.93. The van der Waals surface area contributed by atoms with Crippen molar-refractivity contribution in [1.29, 1.82) is 0 Å². The molecule has 0 aliphatic heterocycles. The molecule has 0 bridgehead atoms. The molecule has 0 aromatic heterocycles. The molecule has 0 aliphatic carbocycles. The highest BCUT2D eigenvalue weighted by molar-refractivity contribution is 4.48. The van der Waals surface area contributed by atoms with E-state index in [1.54, 1.807) is 7.11 Å². The lowest BCUT2D eigenvalue weighted by molar-refractivity contribution is -0.0876. The summed E-state index contributed by atoms with van der Waals surface area (Å²) in [6, 6.07) is 0. The predicted octanol–water partition coefficient (Wildman–Crippen LogP) is 0.378. The minimum atomic E-state index is -0.0649. The molecular weight excluding hydrogens is 120 g/mol. The fourth-order valence-electron chi connectivity index (χ4n) is 0.464. The third-order valence-corrected chi connectivity index (χ3v) is 1.08. The standard InChI is InChI=1S/C6H14O3/c1-3-6(4-7)9-5-8-2/h6-7H,3-5H2,1-2H3. The van der Waals surface area contributed by atoms with Gasteiger partial charge < -0.3 is 14.6 Å². The molecule has 0 spiro atoms. The molecule has 1 N–H and O–H groups in total. The second-order valence-corrected chi connectivity index (χ2v) is 1.79. The Hall–Kier alpha value is -0.120. The normalized spacial score (nSPS) is 13.7. The van der Waals surface area contributed by atoms with Crippen molar-refractivity contribution in [3.05, 3.63) is 0 Å². The quantitative estimate of drug-likeness (QED) is 0.552. The number of hydrogen-bond donors (Lipinski definition) is 1. The molecule has 0 radical (unpaired) electrons. The zero-order valence-electron chi connectivity index (χ0n) is 5.96. The lowest BCUT2D eigenvalue weighted by Gasteiger charge is -2.10. The van der Waals surface area contributed by atoms with E-state index in [0.717, 1.165) is 6.42 Å². The van der Waals surface area contributed by atoms with E-state index < -0.39 is 0 Å². The van der Waals surface area contributed by atoms with Crippen molar-refractivity contribution in [3.8, 4) is 0 Å². The van der Waals surface area contributed by atoms with Crippen molar-refractivity contribution < 1.29 is 14.6 Å². The van der Waals surface area contributed by atoms with Gasteiger partial charge in [0.1, 0.15) is 6.79 Å². The van der Waals surface area contributed by atoms with Crippen LogP contribution in [0.5, 0.6) is 0 Å². The van der Waals surface area contributed by atoms with Gasteiger partial charge in [0.2, 0.25) is 0 Å². The minimum Gasteiger partial charge on any atom is -0.394 e. The maximum absolute atomic E-state index is 8.57. The van der Waals surface area contributed by atoms with Gasteiger partial charge in [-0.05, 0) is 6.42 Å². The summed E-state index contributed by atoms with van der Waals surface area (Å²) in [7, 11) is 1.56. The van der Waals surface area contributed by atoms with Crippen molar-refractivity contribution in [2.45, 2.75) is 19.4 Å². The van der Waals surface area contributed by atoms with E-state index in [-0.39, 0.29) is 19.5 Å². The molecule has 0 saturated heterocycles. The molecule has 0 aromatic rings. The number of hydrogen-bond acceptors (Lipinski definition) is 3. The van der Waals surface area contributed by atoms with Crippen LogP contribution in [0.15, 0.2) is 0 Å². The van der Waals surface area contributed by atoms with E-state index in [9.17, 15) is 0 Å². The predicted molar refractivity (Wildman–Crippen MR) is 34.1 cm³/mol. The second-order valence-electron chi connectivity index (χ2n) is 1.79. The Labute approximate surface area is 55.6 Å². The maximum atomic E-state index is 8.57. The first-order valence-electron chi connectivity index (χ1n) is 3.06. The number of rotatable bonds is 5. The van der Waals surface area contributed by atoms with Crippen LogP contribution in [0.25, 0.3) is 0 Å². The molecule has 9 heavy (non-hydrogen) atoms. The fourth-order valence-corrected chi connectivity index (χ4v) is 0.464. The van der Waals surface area contributed by atoms with Gasteiger partial charge in [0, 0.05) is 7.11 Å². The van der Waals surface area contributed by atoms with Crippen molar-refractivity contribution in [1.82, 2.24) is 0 Å². The Morgan fingerprint density at radius 1 is 1.56 bits per heavy atom. The zero-order chi connectivity index (χ0) is 7.11. The van der Waals surface area contributed by atoms with Crippen LogP contribution in [0.3, 0.4) is 0 Å². The van der Waals surface area contributed by atoms with Gasteiger partial charge in [-0.3, -0.25) is 0 Å². The van der Waals surface area contributed by atoms with Crippen LogP contribution in [0.1, 0.15) is 13.3 Å². The first kappa shape index (κ1) is 8.88. The Morgan fingerprint density at radius 2 is 2.22 bits per heavy atom. The molecule has 0 fully saturated rings. The molecule has 0 rings (SSSR count). The SMILES string of the molecule is CCC(CO)OCOC. The number of aliphatic hydroxyl groups is 1. The molecule has 0 heterocycles. The molecule has 1 unspecified atom stereocenters. The summed E-state index contributed by atoms with van der Waals surface area (Å²) in [5.74, 6) is 0. The zero-order valence-corrected chi connectivity index (χ0v) is 5.96. The highest BCUT2D eigenvalue weighted by atomic mass is 16.7. The van der Waals surface area contributed by atoms with E-state index in [1.807, 2.05) is 6.92 Å². The van der Waals surface area contributed by atoms with Gasteiger partial charge in [0.15, 0.2) is 0 Å². The third-order valence-electron chi connectivity index (χ3n) is 1.08. The number of aliphatic hydroxyl groups excluding tert-OH is 1. The molecule has 0 amide bonds. The molecular formula is C6H14O3. The van der Waals surface area contributed by atoms with Crippen LogP contribution >= 0.6 is 0 Å². The van der Waals surface area contributed by atoms with Gasteiger partial charge in [-0.15, -0.1) is 0 Å². The second kappa shape index (κ2) is 6.01. The van der Waals surface area contributed by atoms with Gasteiger partial charge in [-0.1, -0.05) is 6.92 Å². The Balaban J connectivity index is 3.09. The molecule has 1 atom stereocenters. The van der Waals surface area contributed by atoms with Gasteiger partial charge in [-0.2, -0.15) is 0 Å². The van der Waals surface area contributed by atoms with Crippen LogP contribution in [0, 0.1) is 0 Å². The summed E-state index contributed by atoms with van der Waals surface area (Å²) in [6.07, 6.45) is 0.754. The summed E-state index contributed by atoms with van der Waals surface area (Å²) in [5, 5.41) is 8.57. The molecule has 3 nitrogen and oxygen atoms in total. The summed E-state index contributed by atoms with van der Waals surface area (Å²) in [4.78, 5) is 0. The first-order valence-corrected chi connectivity index (χ1v) is 3.06. The fraction of sp³-hybridized carbons (Fsp3) is 1.00. The average molecular weight is 134 g/mol.